The molecule has 85 heavy (non-hydrogen) atoms. The second-order valence-electron chi connectivity index (χ2n) is 21.2. The molecular weight excluding hydrogens is 1140 g/mol. The van der Waals surface area contributed by atoms with Crippen molar-refractivity contribution >= 4 is 94.4 Å². The summed E-state index contributed by atoms with van der Waals surface area (Å²) in [6.07, 6.45) is -1.78. The fourth-order valence-electron chi connectivity index (χ4n) is 8.32. The number of nitrogens with two attached hydrogens (primary N) is 1. The van der Waals surface area contributed by atoms with Gasteiger partial charge in [-0.3, -0.25) is 57.5 Å². The monoisotopic (exact) mass is 1220 g/mol. The number of hydrogen-bond donors (Lipinski definition) is 13. The summed E-state index contributed by atoms with van der Waals surface area (Å²) in [6.45, 7) is 8.93. The van der Waals surface area contributed by atoms with E-state index in [2.05, 4.69) is 47.9 Å². The van der Waals surface area contributed by atoms with Gasteiger partial charge in [0, 0.05) is 42.1 Å². The van der Waals surface area contributed by atoms with Crippen molar-refractivity contribution in [1.29, 1.82) is 0 Å². The molecule has 464 valence electrons. The van der Waals surface area contributed by atoms with Crippen LogP contribution in [0.2, 0.25) is 5.02 Å². The van der Waals surface area contributed by atoms with E-state index in [4.69, 9.17) is 17.3 Å². The van der Waals surface area contributed by atoms with E-state index in [0.717, 1.165) is 11.8 Å². The summed E-state index contributed by atoms with van der Waals surface area (Å²) in [4.78, 5) is 159. The van der Waals surface area contributed by atoms with Gasteiger partial charge in [-0.05, 0) is 91.3 Å². The van der Waals surface area contributed by atoms with Gasteiger partial charge < -0.3 is 68.9 Å². The van der Waals surface area contributed by atoms with Gasteiger partial charge in [0.15, 0.2) is 0 Å². The number of aromatic hydroxyl groups is 1. The van der Waals surface area contributed by atoms with Gasteiger partial charge in [0.25, 0.3) is 5.91 Å². The van der Waals surface area contributed by atoms with Crippen molar-refractivity contribution in [2.45, 2.75) is 140 Å². The van der Waals surface area contributed by atoms with Crippen LogP contribution in [0.15, 0.2) is 78.9 Å². The molecule has 3 rings (SSSR count). The highest BCUT2D eigenvalue weighted by Gasteiger charge is 2.34. The van der Waals surface area contributed by atoms with Crippen LogP contribution in [0.5, 0.6) is 5.75 Å². The highest BCUT2D eigenvalue weighted by atomic mass is 35.5. The largest absolute Gasteiger partial charge is 0.508 e. The molecule has 0 aliphatic carbocycles. The Morgan fingerprint density at radius 2 is 1.11 bits per heavy atom. The highest BCUT2D eigenvalue weighted by molar-refractivity contribution is 7.99. The minimum Gasteiger partial charge on any atom is -0.508 e. The van der Waals surface area contributed by atoms with Crippen LogP contribution in [0.1, 0.15) is 108 Å². The van der Waals surface area contributed by atoms with E-state index in [1.54, 1.807) is 96.1 Å². The SMILES string of the molecule is CC(C)C[C@H](NC(=O)[C@@H](NC(=O)CNC(=O)c1ccccc1)C(C)C)C(=O)N[C@@H](CCCCNC(=O)C[C@@H](SCc1ccccc1Cl)C(=O)O)C(=O)N[C@@H](CCC(=O)O)C(=O)N[C@@H](Cc1ccc(O)cc1)C(=O)NCC(=O)N[C@H](C(N)=O)C(C)C. The molecule has 0 aromatic heterocycles. The van der Waals surface area contributed by atoms with Crippen molar-refractivity contribution < 1.29 is 72.9 Å². The molecule has 0 heterocycles. The van der Waals surface area contributed by atoms with Gasteiger partial charge in [0.1, 0.15) is 47.3 Å². The van der Waals surface area contributed by atoms with E-state index in [-0.39, 0.29) is 62.5 Å². The average molecular weight is 1220 g/mol. The lowest BCUT2D eigenvalue weighted by atomic mass is 9.99. The van der Waals surface area contributed by atoms with Crippen LogP contribution in [-0.2, 0) is 64.9 Å². The normalized spacial score (nSPS) is 13.5. The van der Waals surface area contributed by atoms with E-state index in [1.807, 2.05) is 0 Å². The molecule has 0 radical (unpaired) electrons. The van der Waals surface area contributed by atoms with Crippen molar-refractivity contribution in [1.82, 2.24) is 47.9 Å². The van der Waals surface area contributed by atoms with E-state index in [0.29, 0.717) is 21.7 Å². The molecule has 3 aromatic rings. The second-order valence-corrected chi connectivity index (χ2v) is 22.8. The number of unbranched alkanes of at least 4 members (excludes halogenated alkanes) is 1. The Hall–Kier alpha value is -8.26. The van der Waals surface area contributed by atoms with E-state index >= 15 is 0 Å². The molecule has 7 atom stereocenters. The number of aliphatic carboxylic acids is 2. The summed E-state index contributed by atoms with van der Waals surface area (Å²) >= 11 is 7.26. The van der Waals surface area contributed by atoms with Gasteiger partial charge in [-0.2, -0.15) is 0 Å². The third-order valence-electron chi connectivity index (χ3n) is 13.0. The van der Waals surface area contributed by atoms with Crippen molar-refractivity contribution in [2.24, 2.45) is 23.5 Å². The third-order valence-corrected chi connectivity index (χ3v) is 14.6. The number of benzene rings is 3. The molecule has 0 spiro atoms. The number of hydrogen-bond acceptors (Lipinski definition) is 14. The van der Waals surface area contributed by atoms with Crippen LogP contribution in [0.25, 0.3) is 0 Å². The predicted molar refractivity (Wildman–Crippen MR) is 316 cm³/mol. The number of carboxylic acid groups (broad SMARTS) is 2. The standard InChI is InChI=1S/C58H79ClN10O15S/c1-32(2)26-42(67-57(82)50(34(5)6)69-47(73)29-62-52(77)36-14-8-7-9-15-36)56(81)64-40(18-12-13-25-61-45(71)28-44(58(83)84)85-31-37-16-10-11-17-39(37)59)54(79)65-41(23-24-48(74)75)55(80)66-43(27-35-19-21-38(70)22-20-35)53(78)63-30-46(72)68-49(33(3)4)51(60)76/h7-11,14-17,19-22,32-34,40-44,49-50,70H,12-13,18,23-31H2,1-6H3,(H2,60,76)(H,61,71)(H,62,77)(H,63,78)(H,64,81)(H,65,79)(H,66,80)(H,67,82)(H,68,72)(H,69,73)(H,74,75)(H,83,84)/t40-,41-,42-,43-,44+,49-,50-/m0/s1. The molecule has 0 unspecified atom stereocenters. The lowest BCUT2D eigenvalue weighted by Gasteiger charge is -2.28. The molecule has 0 fully saturated rings. The number of amides is 10. The van der Waals surface area contributed by atoms with E-state index in [9.17, 15) is 72.9 Å². The molecule has 0 aliphatic rings. The molecule has 3 aromatic carbocycles. The first-order valence-corrected chi connectivity index (χ1v) is 29.1. The van der Waals surface area contributed by atoms with Gasteiger partial charge in [0.2, 0.25) is 53.2 Å². The Morgan fingerprint density at radius 3 is 1.67 bits per heavy atom. The first-order chi connectivity index (χ1) is 40.1. The highest BCUT2D eigenvalue weighted by Crippen LogP contribution is 2.25. The number of carboxylic acids is 2. The molecule has 27 heteroatoms. The first-order valence-electron chi connectivity index (χ1n) is 27.7. The van der Waals surface area contributed by atoms with Crippen LogP contribution in [-0.4, -0.2) is 147 Å². The van der Waals surface area contributed by atoms with Crippen molar-refractivity contribution in [2.75, 3.05) is 19.6 Å². The lowest BCUT2D eigenvalue weighted by Crippen LogP contribution is -2.60. The number of primary amides is 1. The van der Waals surface area contributed by atoms with Gasteiger partial charge in [-0.15, -0.1) is 11.8 Å². The van der Waals surface area contributed by atoms with Crippen LogP contribution in [0.3, 0.4) is 0 Å². The smallest absolute Gasteiger partial charge is 0.317 e. The van der Waals surface area contributed by atoms with Crippen molar-refractivity contribution in [3.63, 3.8) is 0 Å². The number of phenols is 1. The summed E-state index contributed by atoms with van der Waals surface area (Å²) in [5, 5.41) is 51.8. The number of thioether (sulfide) groups is 1. The molecule has 0 saturated carbocycles. The topological polar surface area (TPSA) is 400 Å². The Morgan fingerprint density at radius 1 is 0.565 bits per heavy atom. The fraction of sp³-hybridized carbons (Fsp3) is 0.483. The van der Waals surface area contributed by atoms with Gasteiger partial charge in [-0.25, -0.2) is 0 Å². The first kappa shape index (κ1) is 71.0. The third kappa shape index (κ3) is 26.5. The van der Waals surface area contributed by atoms with Crippen LogP contribution >= 0.6 is 23.4 Å². The minimum atomic E-state index is -1.69. The average Bonchev–Trinajstić information content (AvgIpc) is 3.63. The van der Waals surface area contributed by atoms with Crippen LogP contribution in [0.4, 0.5) is 0 Å². The number of nitrogens with one attached hydrogen (secondary N) is 9. The second kappa shape index (κ2) is 36.4. The Balaban J connectivity index is 1.91. The van der Waals surface area contributed by atoms with Crippen molar-refractivity contribution in [3.8, 4) is 5.75 Å². The zero-order valence-corrected chi connectivity index (χ0v) is 49.9. The Labute approximate surface area is 502 Å². The maximum atomic E-state index is 14.5. The number of carbonyl (C=O) groups is 12. The molecular formula is C58H79ClN10O15S. The summed E-state index contributed by atoms with van der Waals surface area (Å²) in [5.74, 6) is -11.7. The number of halogens is 1. The van der Waals surface area contributed by atoms with Gasteiger partial charge in [-0.1, -0.05) is 102 Å². The molecule has 0 aliphatic heterocycles. The van der Waals surface area contributed by atoms with Crippen LogP contribution in [0, 0.1) is 17.8 Å². The quantitative estimate of drug-likeness (QED) is 0.0366. The maximum absolute atomic E-state index is 14.5. The Bertz CT molecular complexity index is 2790. The minimum absolute atomic E-state index is 0.00778. The molecule has 10 amide bonds. The van der Waals surface area contributed by atoms with Crippen molar-refractivity contribution in [3.05, 3.63) is 101 Å². The van der Waals surface area contributed by atoms with Gasteiger partial charge >= 0.3 is 11.9 Å². The molecule has 0 bridgehead atoms. The van der Waals surface area contributed by atoms with E-state index in [1.165, 1.54) is 24.3 Å². The maximum Gasteiger partial charge on any atom is 0.317 e. The zero-order chi connectivity index (χ0) is 63.3. The summed E-state index contributed by atoms with van der Waals surface area (Å²) in [6, 6.07) is 12.2. The number of phenolic OH excluding ortho intramolecular Hbond substituents is 1. The van der Waals surface area contributed by atoms with Gasteiger partial charge in [0.05, 0.1) is 13.1 Å². The number of carbonyl (C=O) groups excluding carboxylic acids is 10. The number of rotatable bonds is 37. The molecule has 14 N–H and O–H groups in total. The molecule has 0 saturated heterocycles. The summed E-state index contributed by atoms with van der Waals surface area (Å²) in [7, 11) is 0. The fourth-order valence-corrected chi connectivity index (χ4v) is 9.65. The Kier molecular flexibility index (Phi) is 30.4. The predicted octanol–water partition coefficient (Wildman–Crippen LogP) is 1.81. The molecule has 25 nitrogen and oxygen atoms in total. The van der Waals surface area contributed by atoms with Crippen LogP contribution < -0.4 is 53.6 Å². The zero-order valence-electron chi connectivity index (χ0n) is 48.4. The van der Waals surface area contributed by atoms with E-state index < -0.39 is 150 Å². The lowest BCUT2D eigenvalue weighted by molar-refractivity contribution is -0.139. The summed E-state index contributed by atoms with van der Waals surface area (Å²) in [5.41, 5.74) is 6.82. The summed E-state index contributed by atoms with van der Waals surface area (Å²) < 4.78 is 0.